The van der Waals surface area contributed by atoms with Crippen molar-refractivity contribution in [3.8, 4) is 0 Å². The molecule has 1 aliphatic heterocycles. The molecule has 110 valence electrons. The van der Waals surface area contributed by atoms with Crippen molar-refractivity contribution in [2.24, 2.45) is 0 Å². The second-order valence-corrected chi connectivity index (χ2v) is 5.21. The first-order valence-electron chi connectivity index (χ1n) is 7.43. The molecule has 0 fully saturated rings. The molecule has 2 aromatic rings. The second-order valence-electron chi connectivity index (χ2n) is 5.21. The van der Waals surface area contributed by atoms with E-state index in [0.717, 1.165) is 38.3 Å². The number of anilines is 2. The lowest BCUT2D eigenvalue weighted by atomic mass is 10.1. The summed E-state index contributed by atoms with van der Waals surface area (Å²) in [5.74, 6) is 0.516. The molecule has 0 amide bonds. The molecule has 0 atom stereocenters. The molecule has 0 spiro atoms. The van der Waals surface area contributed by atoms with Crippen LogP contribution in [0.3, 0.4) is 0 Å². The van der Waals surface area contributed by atoms with Gasteiger partial charge in [-0.3, -0.25) is 4.79 Å². The summed E-state index contributed by atoms with van der Waals surface area (Å²) < 4.78 is 1.74. The van der Waals surface area contributed by atoms with Gasteiger partial charge < -0.3 is 14.8 Å². The van der Waals surface area contributed by atoms with Crippen LogP contribution in [0.5, 0.6) is 0 Å². The first-order chi connectivity index (χ1) is 10.3. The molecule has 1 aliphatic rings. The average molecular weight is 284 g/mol. The maximum Gasteiger partial charge on any atom is 0.293 e. The lowest BCUT2D eigenvalue weighted by Crippen LogP contribution is -2.33. The van der Waals surface area contributed by atoms with E-state index < -0.39 is 0 Å². The Hall–Kier alpha value is -2.14. The summed E-state index contributed by atoms with van der Waals surface area (Å²) in [4.78, 5) is 19.0. The molecule has 5 nitrogen and oxygen atoms in total. The van der Waals surface area contributed by atoms with Crippen LogP contribution in [0, 0.1) is 0 Å². The topological polar surface area (TPSA) is 50.2 Å². The number of hydrogen-bond donors (Lipinski definition) is 1. The molecule has 3 rings (SSSR count). The Morgan fingerprint density at radius 1 is 1.33 bits per heavy atom. The van der Waals surface area contributed by atoms with Crippen molar-refractivity contribution in [1.82, 2.24) is 14.9 Å². The molecule has 0 radical (unpaired) electrons. The molecule has 0 unspecified atom stereocenters. The van der Waals surface area contributed by atoms with Gasteiger partial charge in [0.1, 0.15) is 0 Å². The third-order valence-corrected chi connectivity index (χ3v) is 3.73. The number of hydrogen-bond acceptors (Lipinski definition) is 4. The largest absolute Gasteiger partial charge is 0.320 e. The molecule has 0 saturated heterocycles. The minimum Gasteiger partial charge on any atom is -0.320 e. The number of fused-ring (bicyclic) bond motifs is 1. The number of aromatic nitrogens is 2. The van der Waals surface area contributed by atoms with Crippen LogP contribution in [-0.4, -0.2) is 22.6 Å². The first kappa shape index (κ1) is 13.8. The zero-order valence-corrected chi connectivity index (χ0v) is 12.2. The van der Waals surface area contributed by atoms with Crippen molar-refractivity contribution in [3.05, 3.63) is 52.6 Å². The monoisotopic (exact) mass is 284 g/mol. The van der Waals surface area contributed by atoms with Crippen LogP contribution < -0.4 is 15.8 Å². The van der Waals surface area contributed by atoms with Gasteiger partial charge >= 0.3 is 0 Å². The third kappa shape index (κ3) is 2.69. The fourth-order valence-corrected chi connectivity index (χ4v) is 2.72. The Morgan fingerprint density at radius 2 is 2.19 bits per heavy atom. The SMILES string of the molecule is CCCn1ccnc(N2CCNCc3ccccc32)c1=O. The van der Waals surface area contributed by atoms with E-state index in [4.69, 9.17) is 0 Å². The van der Waals surface area contributed by atoms with Crippen LogP contribution in [-0.2, 0) is 13.1 Å². The van der Waals surface area contributed by atoms with Gasteiger partial charge in [-0.05, 0) is 18.1 Å². The fourth-order valence-electron chi connectivity index (χ4n) is 2.72. The Labute approximate surface area is 124 Å². The number of rotatable bonds is 3. The Morgan fingerprint density at radius 3 is 3.05 bits per heavy atom. The summed E-state index contributed by atoms with van der Waals surface area (Å²) in [5.41, 5.74) is 2.25. The highest BCUT2D eigenvalue weighted by Gasteiger charge is 2.20. The normalized spacial score (nSPS) is 14.6. The number of nitrogens with one attached hydrogen (secondary N) is 1. The Balaban J connectivity index is 2.08. The third-order valence-electron chi connectivity index (χ3n) is 3.73. The van der Waals surface area contributed by atoms with E-state index in [1.807, 2.05) is 17.0 Å². The predicted octanol–water partition coefficient (Wildman–Crippen LogP) is 1.89. The number of para-hydroxylation sites is 1. The highest BCUT2D eigenvalue weighted by atomic mass is 16.1. The van der Waals surface area contributed by atoms with Crippen LogP contribution in [0.15, 0.2) is 41.5 Å². The minimum absolute atomic E-state index is 0.0175. The molecule has 5 heteroatoms. The van der Waals surface area contributed by atoms with Crippen LogP contribution in [0.2, 0.25) is 0 Å². The Kier molecular flexibility index (Phi) is 4.01. The van der Waals surface area contributed by atoms with Gasteiger partial charge in [0, 0.05) is 44.3 Å². The number of aryl methyl sites for hydroxylation is 1. The molecular formula is C16H20N4O. The minimum atomic E-state index is -0.0175. The summed E-state index contributed by atoms with van der Waals surface area (Å²) in [6.45, 7) is 5.19. The van der Waals surface area contributed by atoms with E-state index >= 15 is 0 Å². The van der Waals surface area contributed by atoms with E-state index in [9.17, 15) is 4.79 Å². The molecule has 1 aromatic carbocycles. The quantitative estimate of drug-likeness (QED) is 0.935. The molecule has 1 N–H and O–H groups in total. The van der Waals surface area contributed by atoms with Crippen molar-refractivity contribution in [2.75, 3.05) is 18.0 Å². The van der Waals surface area contributed by atoms with Crippen molar-refractivity contribution >= 4 is 11.5 Å². The van der Waals surface area contributed by atoms with E-state index in [2.05, 4.69) is 29.4 Å². The first-order valence-corrected chi connectivity index (χ1v) is 7.43. The highest BCUT2D eigenvalue weighted by Crippen LogP contribution is 2.26. The van der Waals surface area contributed by atoms with Gasteiger partial charge in [-0.1, -0.05) is 25.1 Å². The van der Waals surface area contributed by atoms with Crippen LogP contribution in [0.25, 0.3) is 0 Å². The van der Waals surface area contributed by atoms with Crippen molar-refractivity contribution in [1.29, 1.82) is 0 Å². The Bertz CT molecular complexity index is 680. The summed E-state index contributed by atoms with van der Waals surface area (Å²) >= 11 is 0. The molecule has 0 bridgehead atoms. The van der Waals surface area contributed by atoms with Gasteiger partial charge in [0.05, 0.1) is 0 Å². The summed E-state index contributed by atoms with van der Waals surface area (Å²) in [6.07, 6.45) is 4.41. The van der Waals surface area contributed by atoms with Crippen LogP contribution in [0.1, 0.15) is 18.9 Å². The van der Waals surface area contributed by atoms with Gasteiger partial charge in [0.15, 0.2) is 5.82 Å². The van der Waals surface area contributed by atoms with E-state index in [1.165, 1.54) is 5.56 Å². The molecule has 2 heterocycles. The molecule has 0 aliphatic carbocycles. The highest BCUT2D eigenvalue weighted by molar-refractivity contribution is 5.63. The maximum absolute atomic E-state index is 12.6. The van der Waals surface area contributed by atoms with Crippen molar-refractivity contribution < 1.29 is 0 Å². The fraction of sp³-hybridized carbons (Fsp3) is 0.375. The maximum atomic E-state index is 12.6. The molecular weight excluding hydrogens is 264 g/mol. The smallest absolute Gasteiger partial charge is 0.293 e. The van der Waals surface area contributed by atoms with Gasteiger partial charge in [0.2, 0.25) is 0 Å². The predicted molar refractivity (Wildman–Crippen MR) is 83.9 cm³/mol. The van der Waals surface area contributed by atoms with Crippen LogP contribution >= 0.6 is 0 Å². The zero-order chi connectivity index (χ0) is 14.7. The molecule has 0 saturated carbocycles. The van der Waals surface area contributed by atoms with E-state index in [-0.39, 0.29) is 5.56 Å². The second kappa shape index (κ2) is 6.10. The average Bonchev–Trinajstić information content (AvgIpc) is 2.72. The summed E-state index contributed by atoms with van der Waals surface area (Å²) in [6, 6.07) is 8.18. The molecule has 21 heavy (non-hydrogen) atoms. The zero-order valence-electron chi connectivity index (χ0n) is 12.2. The van der Waals surface area contributed by atoms with Crippen LogP contribution in [0.4, 0.5) is 11.5 Å². The van der Waals surface area contributed by atoms with Crippen molar-refractivity contribution in [3.63, 3.8) is 0 Å². The molecule has 1 aromatic heterocycles. The number of benzene rings is 1. The lowest BCUT2D eigenvalue weighted by molar-refractivity contribution is 0.644. The van der Waals surface area contributed by atoms with E-state index in [0.29, 0.717) is 5.82 Å². The number of nitrogens with zero attached hydrogens (tertiary/aromatic N) is 3. The van der Waals surface area contributed by atoms with Gasteiger partial charge in [0.25, 0.3) is 5.56 Å². The van der Waals surface area contributed by atoms with Crippen molar-refractivity contribution in [2.45, 2.75) is 26.4 Å². The lowest BCUT2D eigenvalue weighted by Gasteiger charge is -2.23. The summed E-state index contributed by atoms with van der Waals surface area (Å²) in [7, 11) is 0. The van der Waals surface area contributed by atoms with Gasteiger partial charge in [-0.15, -0.1) is 0 Å². The van der Waals surface area contributed by atoms with Gasteiger partial charge in [-0.2, -0.15) is 0 Å². The summed E-state index contributed by atoms with van der Waals surface area (Å²) in [5, 5.41) is 3.38. The van der Waals surface area contributed by atoms with Gasteiger partial charge in [-0.25, -0.2) is 4.98 Å². The standard InChI is InChI=1S/C16H20N4O/c1-2-9-19-10-8-18-15(16(19)21)20-11-7-17-12-13-5-3-4-6-14(13)20/h3-6,8,10,17H,2,7,9,11-12H2,1H3. The van der Waals surface area contributed by atoms with E-state index in [1.54, 1.807) is 17.0 Å².